The van der Waals surface area contributed by atoms with E-state index in [0.717, 1.165) is 22.5 Å². The third-order valence-corrected chi connectivity index (χ3v) is 8.30. The Balaban J connectivity index is 1.38. The number of fused-ring (bicyclic) bond motifs is 2. The van der Waals surface area contributed by atoms with Crippen LogP contribution < -0.4 is 15.6 Å². The van der Waals surface area contributed by atoms with Crippen LogP contribution in [0.15, 0.2) is 46.3 Å². The lowest BCUT2D eigenvalue weighted by molar-refractivity contribution is -0.694. The normalized spacial score (nSPS) is 19.1. The molecule has 3 aromatic rings. The van der Waals surface area contributed by atoms with Gasteiger partial charge in [-0.05, 0) is 12.1 Å². The lowest BCUT2D eigenvalue weighted by Crippen LogP contribution is -2.71. The number of nitrogen functional groups attached to an aromatic ring is 1. The number of nitrogens with zero attached hydrogens (tertiary/aromatic N) is 6. The SMILES string of the molecule is CO/N=C(\C(=O)N[C@@H]1C(=O)N2C(C(=O)O)=C(C[n+]3ccn4c(C#N)ccc4c3C)CS[C@H]12)c1csc(N)n1. The highest BCUT2D eigenvalue weighted by molar-refractivity contribution is 8.00. The number of β-lactam (4-membered cyclic amide) rings is 1. The number of nitrogens with one attached hydrogen (secondary N) is 1. The number of anilines is 1. The van der Waals surface area contributed by atoms with Gasteiger partial charge in [-0.1, -0.05) is 5.16 Å². The summed E-state index contributed by atoms with van der Waals surface area (Å²) in [6, 6.07) is 4.73. The number of thiazole rings is 1. The van der Waals surface area contributed by atoms with Crippen molar-refractivity contribution in [3.8, 4) is 6.07 Å². The van der Waals surface area contributed by atoms with Gasteiger partial charge >= 0.3 is 5.97 Å². The van der Waals surface area contributed by atoms with Crippen molar-refractivity contribution in [1.29, 1.82) is 5.26 Å². The number of nitrogens with two attached hydrogens (primary N) is 1. The number of nitriles is 1. The Hall–Kier alpha value is -4.42. The van der Waals surface area contributed by atoms with E-state index < -0.39 is 29.2 Å². The lowest BCUT2D eigenvalue weighted by atomic mass is 10.0. The Morgan fingerprint density at radius 1 is 1.45 bits per heavy atom. The van der Waals surface area contributed by atoms with Crippen molar-refractivity contribution in [2.24, 2.45) is 5.16 Å². The first-order valence-electron chi connectivity index (χ1n) is 11.2. The van der Waals surface area contributed by atoms with Crippen LogP contribution in [0, 0.1) is 18.3 Å². The minimum Gasteiger partial charge on any atom is -0.477 e. The van der Waals surface area contributed by atoms with E-state index in [2.05, 4.69) is 21.5 Å². The monoisotopic (exact) mass is 553 g/mol. The van der Waals surface area contributed by atoms with Gasteiger partial charge in [0.15, 0.2) is 23.6 Å². The minimum atomic E-state index is -1.23. The molecule has 0 aliphatic carbocycles. The molecule has 0 aromatic carbocycles. The first kappa shape index (κ1) is 25.2. The van der Waals surface area contributed by atoms with Gasteiger partial charge in [-0.3, -0.25) is 18.9 Å². The number of carboxylic acid groups (broad SMARTS) is 1. The molecule has 5 rings (SSSR count). The van der Waals surface area contributed by atoms with Crippen LogP contribution in [0.25, 0.3) is 5.52 Å². The van der Waals surface area contributed by atoms with Crippen LogP contribution in [0.4, 0.5) is 5.13 Å². The summed E-state index contributed by atoms with van der Waals surface area (Å²) in [7, 11) is 1.28. The first-order valence-corrected chi connectivity index (χ1v) is 13.1. The molecule has 0 radical (unpaired) electrons. The number of carbonyl (C=O) groups excluding carboxylic acids is 2. The molecule has 0 saturated carbocycles. The quantitative estimate of drug-likeness (QED) is 0.160. The molecule has 2 aliphatic rings. The molecule has 0 bridgehead atoms. The third kappa shape index (κ3) is 4.13. The number of hydrogen-bond acceptors (Lipinski definition) is 10. The summed E-state index contributed by atoms with van der Waals surface area (Å²) in [5.74, 6) is -2.11. The molecule has 4 N–H and O–H groups in total. The summed E-state index contributed by atoms with van der Waals surface area (Å²) in [4.78, 5) is 48.3. The van der Waals surface area contributed by atoms with Crippen molar-refractivity contribution in [2.45, 2.75) is 24.9 Å². The molecule has 13 nitrogen and oxygen atoms in total. The van der Waals surface area contributed by atoms with E-state index in [1.165, 1.54) is 23.8 Å². The third-order valence-electron chi connectivity index (χ3n) is 6.29. The van der Waals surface area contributed by atoms with Gasteiger partial charge in [0.25, 0.3) is 11.8 Å². The van der Waals surface area contributed by atoms with Gasteiger partial charge < -0.3 is 21.0 Å². The number of carboxylic acids is 1. The standard InChI is InChI=1S/C23H20N8O5S2/c1-11-15-4-3-13(7-24)30(15)6-5-29(11)8-12-9-37-21-17(20(33)31(21)18(12)22(34)35)27-19(32)16(28-36-2)14-10-38-23(25)26-14/h3-6,10,17,21H,8-9H2,1-2H3,(H3-,25,26,27,32,34,35)/p+1/b28-16-/t17-,21-/m1/s1. The number of oxime groups is 1. The highest BCUT2D eigenvalue weighted by atomic mass is 32.2. The number of aryl methyl sites for hydroxylation is 1. The van der Waals surface area contributed by atoms with E-state index in [9.17, 15) is 24.8 Å². The molecule has 2 amide bonds. The topological polar surface area (TPSA) is 179 Å². The van der Waals surface area contributed by atoms with Crippen molar-refractivity contribution in [3.63, 3.8) is 0 Å². The Morgan fingerprint density at radius 3 is 2.89 bits per heavy atom. The van der Waals surface area contributed by atoms with Gasteiger partial charge in [0.05, 0.1) is 6.20 Å². The van der Waals surface area contributed by atoms with Crippen molar-refractivity contribution >= 4 is 57.2 Å². The van der Waals surface area contributed by atoms with Gasteiger partial charge in [0.1, 0.15) is 47.2 Å². The van der Waals surface area contributed by atoms with Gasteiger partial charge in [-0.15, -0.1) is 23.1 Å². The maximum atomic E-state index is 13.1. The summed E-state index contributed by atoms with van der Waals surface area (Å²) in [5, 5.41) is 26.9. The van der Waals surface area contributed by atoms with Gasteiger partial charge in [0, 0.05) is 23.6 Å². The molecule has 15 heteroatoms. The molecule has 2 atom stereocenters. The number of carbonyl (C=O) groups is 3. The number of rotatable bonds is 7. The van der Waals surface area contributed by atoms with Crippen molar-refractivity contribution in [1.82, 2.24) is 19.6 Å². The fraction of sp³-hybridized carbons (Fsp3) is 0.261. The van der Waals surface area contributed by atoms with Crippen LogP contribution in [-0.2, 0) is 25.8 Å². The van der Waals surface area contributed by atoms with E-state index in [1.807, 2.05) is 17.6 Å². The Labute approximate surface area is 223 Å². The maximum absolute atomic E-state index is 13.1. The van der Waals surface area contributed by atoms with Gasteiger partial charge in [-0.2, -0.15) is 9.83 Å². The van der Waals surface area contributed by atoms with Crippen LogP contribution in [0.3, 0.4) is 0 Å². The second-order valence-corrected chi connectivity index (χ2v) is 10.4. The first-order chi connectivity index (χ1) is 18.2. The zero-order chi connectivity index (χ0) is 27.1. The number of thioether (sulfide) groups is 1. The van der Waals surface area contributed by atoms with Crippen LogP contribution in [-0.4, -0.2) is 67.2 Å². The molecule has 1 fully saturated rings. The molecule has 194 valence electrons. The molecular weight excluding hydrogens is 532 g/mol. The van der Waals surface area contributed by atoms with Crippen LogP contribution >= 0.6 is 23.1 Å². The molecule has 38 heavy (non-hydrogen) atoms. The summed E-state index contributed by atoms with van der Waals surface area (Å²) < 4.78 is 3.64. The summed E-state index contributed by atoms with van der Waals surface area (Å²) in [5.41, 5.74) is 8.33. The summed E-state index contributed by atoms with van der Waals surface area (Å²) in [6.07, 6.45) is 3.52. The van der Waals surface area contributed by atoms with E-state index >= 15 is 0 Å². The minimum absolute atomic E-state index is 0.0952. The number of hydrogen-bond donors (Lipinski definition) is 3. The Bertz CT molecular complexity index is 1600. The highest BCUT2D eigenvalue weighted by Crippen LogP contribution is 2.40. The fourth-order valence-corrected chi connectivity index (χ4v) is 6.37. The fourth-order valence-electron chi connectivity index (χ4n) is 4.48. The number of amides is 2. The molecule has 0 unspecified atom stereocenters. The van der Waals surface area contributed by atoms with Crippen LogP contribution in [0.5, 0.6) is 0 Å². The zero-order valence-corrected chi connectivity index (χ0v) is 21.7. The van der Waals surface area contributed by atoms with Crippen molar-refractivity contribution in [3.05, 3.63) is 58.3 Å². The van der Waals surface area contributed by atoms with E-state index in [1.54, 1.807) is 28.2 Å². The van der Waals surface area contributed by atoms with E-state index in [0.29, 0.717) is 17.0 Å². The molecule has 0 spiro atoms. The number of aromatic nitrogens is 3. The van der Waals surface area contributed by atoms with Crippen molar-refractivity contribution in [2.75, 3.05) is 18.6 Å². The highest BCUT2D eigenvalue weighted by Gasteiger charge is 2.55. The molecular formula is C23H21N8O5S2+. The average molecular weight is 554 g/mol. The molecule has 2 aliphatic heterocycles. The summed E-state index contributed by atoms with van der Waals surface area (Å²) >= 11 is 2.48. The number of aliphatic carboxylic acids is 1. The van der Waals surface area contributed by atoms with Crippen molar-refractivity contribution < 1.29 is 28.9 Å². The second-order valence-electron chi connectivity index (χ2n) is 8.41. The lowest BCUT2D eigenvalue weighted by Gasteiger charge is -2.49. The molecule has 1 saturated heterocycles. The van der Waals surface area contributed by atoms with Gasteiger partial charge in [0.2, 0.25) is 5.69 Å². The smallest absolute Gasteiger partial charge is 0.352 e. The zero-order valence-electron chi connectivity index (χ0n) is 20.1. The Morgan fingerprint density at radius 2 is 2.24 bits per heavy atom. The predicted octanol–water partition coefficient (Wildman–Crippen LogP) is 0.235. The Kier molecular flexibility index (Phi) is 6.51. The maximum Gasteiger partial charge on any atom is 0.352 e. The van der Waals surface area contributed by atoms with Crippen LogP contribution in [0.1, 0.15) is 17.1 Å². The largest absolute Gasteiger partial charge is 0.477 e. The van der Waals surface area contributed by atoms with E-state index in [-0.39, 0.29) is 28.8 Å². The van der Waals surface area contributed by atoms with Crippen LogP contribution in [0.2, 0.25) is 0 Å². The van der Waals surface area contributed by atoms with Gasteiger partial charge in [-0.25, -0.2) is 9.78 Å². The second kappa shape index (κ2) is 9.80. The molecule has 3 aromatic heterocycles. The molecule has 5 heterocycles. The predicted molar refractivity (Wildman–Crippen MR) is 137 cm³/mol. The average Bonchev–Trinajstić information content (AvgIpc) is 3.52. The van der Waals surface area contributed by atoms with E-state index in [4.69, 9.17) is 10.6 Å². The summed E-state index contributed by atoms with van der Waals surface area (Å²) in [6.45, 7) is 2.12.